The number of anilines is 1. The first-order chi connectivity index (χ1) is 10.4. The van der Waals surface area contributed by atoms with Crippen molar-refractivity contribution in [3.63, 3.8) is 0 Å². The van der Waals surface area contributed by atoms with Crippen LogP contribution in [0.1, 0.15) is 23.7 Å². The topological polar surface area (TPSA) is 128 Å². The van der Waals surface area contributed by atoms with Crippen LogP contribution in [0.4, 0.5) is 5.13 Å². The molecular weight excluding hydrogens is 309 g/mol. The zero-order valence-electron chi connectivity index (χ0n) is 11.5. The monoisotopic (exact) mass is 321 g/mol. The Balaban J connectivity index is 1.92. The number of fused-ring (bicyclic) bond motifs is 1. The van der Waals surface area contributed by atoms with E-state index in [4.69, 9.17) is 20.2 Å². The molecule has 0 spiro atoms. The lowest BCUT2D eigenvalue weighted by molar-refractivity contribution is -0.138. The highest BCUT2D eigenvalue weighted by Gasteiger charge is 2.37. The number of hydrogen-bond acceptors (Lipinski definition) is 8. The molecule has 114 valence electrons. The third kappa shape index (κ3) is 2.75. The Hall–Kier alpha value is -2.17. The smallest absolute Gasteiger partial charge is 0.481 e. The molecule has 1 unspecified atom stereocenters. The minimum absolute atomic E-state index is 0.210. The predicted molar refractivity (Wildman–Crippen MR) is 79.3 cm³/mol. The lowest BCUT2D eigenvalue weighted by Crippen LogP contribution is -2.28. The van der Waals surface area contributed by atoms with Crippen molar-refractivity contribution < 1.29 is 24.3 Å². The molecule has 10 heteroatoms. The standard InChI is InChI=1S/C12H12BN3O5S/c1-5-2-6(20-12-16-15-11(14)22-12)3-7-10(5)8(4-9(17)18)21-13(7)19/h2-3,8,19H,4H2,1H3,(H2,14,15)(H,17,18). The molecule has 0 fully saturated rings. The zero-order chi connectivity index (χ0) is 15.9. The summed E-state index contributed by atoms with van der Waals surface area (Å²) in [7, 11) is -1.18. The number of nitrogens with two attached hydrogens (primary N) is 1. The van der Waals surface area contributed by atoms with Gasteiger partial charge in [0.05, 0.1) is 12.5 Å². The van der Waals surface area contributed by atoms with Gasteiger partial charge < -0.3 is 25.3 Å². The van der Waals surface area contributed by atoms with Crippen molar-refractivity contribution in [3.8, 4) is 10.9 Å². The van der Waals surface area contributed by atoms with E-state index >= 15 is 0 Å². The van der Waals surface area contributed by atoms with Crippen LogP contribution >= 0.6 is 11.3 Å². The zero-order valence-corrected chi connectivity index (χ0v) is 12.3. The molecule has 22 heavy (non-hydrogen) atoms. The van der Waals surface area contributed by atoms with Gasteiger partial charge in [-0.3, -0.25) is 4.79 Å². The lowest BCUT2D eigenvalue weighted by Gasteiger charge is -2.12. The minimum atomic E-state index is -1.18. The van der Waals surface area contributed by atoms with Crippen molar-refractivity contribution in [2.24, 2.45) is 0 Å². The summed E-state index contributed by atoms with van der Waals surface area (Å²) in [6, 6.07) is 3.33. The largest absolute Gasteiger partial charge is 0.492 e. The molecular formula is C12H12BN3O5S. The van der Waals surface area contributed by atoms with Crippen LogP contribution in [0.3, 0.4) is 0 Å². The maximum atomic E-state index is 10.9. The van der Waals surface area contributed by atoms with E-state index in [-0.39, 0.29) is 16.7 Å². The molecule has 1 aliphatic rings. The Morgan fingerprint density at radius 1 is 1.55 bits per heavy atom. The molecule has 8 nitrogen and oxygen atoms in total. The van der Waals surface area contributed by atoms with Crippen molar-refractivity contribution in [3.05, 3.63) is 23.3 Å². The molecule has 0 saturated carbocycles. The summed E-state index contributed by atoms with van der Waals surface area (Å²) in [6.07, 6.45) is -0.883. The maximum Gasteiger partial charge on any atom is 0.492 e. The van der Waals surface area contributed by atoms with Crippen LogP contribution in [0.5, 0.6) is 10.9 Å². The number of benzene rings is 1. The number of nitrogen functional groups attached to an aromatic ring is 1. The van der Waals surface area contributed by atoms with Crippen LogP contribution in [0.2, 0.25) is 0 Å². The fourth-order valence-electron chi connectivity index (χ4n) is 2.46. The number of hydrogen-bond donors (Lipinski definition) is 3. The highest BCUT2D eigenvalue weighted by molar-refractivity contribution is 7.16. The second-order valence-electron chi connectivity index (χ2n) is 4.83. The molecule has 4 N–H and O–H groups in total. The van der Waals surface area contributed by atoms with E-state index in [2.05, 4.69) is 10.2 Å². The van der Waals surface area contributed by atoms with Gasteiger partial charge in [0.25, 0.3) is 0 Å². The summed E-state index contributed by atoms with van der Waals surface area (Å²) < 4.78 is 10.9. The number of nitrogens with zero attached hydrogens (tertiary/aromatic N) is 2. The van der Waals surface area contributed by atoms with E-state index in [1.165, 1.54) is 0 Å². The van der Waals surface area contributed by atoms with Crippen molar-refractivity contribution in [2.45, 2.75) is 19.4 Å². The fraction of sp³-hybridized carbons (Fsp3) is 0.250. The van der Waals surface area contributed by atoms with E-state index in [1.54, 1.807) is 19.1 Å². The van der Waals surface area contributed by atoms with Gasteiger partial charge >= 0.3 is 18.3 Å². The Bertz CT molecular complexity index is 738. The Morgan fingerprint density at radius 2 is 2.32 bits per heavy atom. The summed E-state index contributed by atoms with van der Waals surface area (Å²) in [5, 5.41) is 26.9. The molecule has 0 radical (unpaired) electrons. The van der Waals surface area contributed by atoms with Crippen molar-refractivity contribution in [2.75, 3.05) is 5.73 Å². The van der Waals surface area contributed by atoms with Gasteiger partial charge in [0.1, 0.15) is 5.75 Å². The van der Waals surface area contributed by atoms with Gasteiger partial charge in [0, 0.05) is 0 Å². The number of carbonyl (C=O) groups is 1. The van der Waals surface area contributed by atoms with Crippen LogP contribution < -0.4 is 15.9 Å². The van der Waals surface area contributed by atoms with E-state index in [0.29, 0.717) is 16.8 Å². The van der Waals surface area contributed by atoms with Gasteiger partial charge in [0.2, 0.25) is 5.13 Å². The molecule has 2 heterocycles. The first kappa shape index (κ1) is 14.8. The molecule has 1 aromatic heterocycles. The second-order valence-corrected chi connectivity index (χ2v) is 5.80. The van der Waals surface area contributed by atoms with Crippen molar-refractivity contribution >= 4 is 35.0 Å². The summed E-state index contributed by atoms with van der Waals surface area (Å²) in [4.78, 5) is 10.9. The van der Waals surface area contributed by atoms with E-state index in [1.807, 2.05) is 0 Å². The maximum absolute atomic E-state index is 10.9. The molecule has 1 aliphatic heterocycles. The van der Waals surface area contributed by atoms with Crippen LogP contribution in [0, 0.1) is 6.92 Å². The Morgan fingerprint density at radius 3 is 2.95 bits per heavy atom. The molecule has 0 aliphatic carbocycles. The number of aliphatic carboxylic acids is 1. The normalized spacial score (nSPS) is 16.6. The Labute approximate surface area is 129 Å². The van der Waals surface area contributed by atoms with Gasteiger partial charge in [-0.2, -0.15) is 0 Å². The molecule has 0 saturated heterocycles. The molecule has 1 aromatic carbocycles. The summed E-state index contributed by atoms with van der Waals surface area (Å²) in [6.45, 7) is 1.80. The molecule has 3 rings (SSSR count). The van der Waals surface area contributed by atoms with E-state index in [9.17, 15) is 9.82 Å². The number of carboxylic acid groups (broad SMARTS) is 1. The number of aryl methyl sites for hydroxylation is 1. The second kappa shape index (κ2) is 5.56. The third-order valence-corrected chi connectivity index (χ3v) is 3.89. The van der Waals surface area contributed by atoms with Crippen LogP contribution in [-0.2, 0) is 9.45 Å². The number of ether oxygens (including phenoxy) is 1. The van der Waals surface area contributed by atoms with Gasteiger partial charge in [-0.1, -0.05) is 5.10 Å². The highest BCUT2D eigenvalue weighted by Crippen LogP contribution is 2.33. The predicted octanol–water partition coefficient (Wildman–Crippen LogP) is 0.455. The lowest BCUT2D eigenvalue weighted by atomic mass is 9.77. The van der Waals surface area contributed by atoms with Gasteiger partial charge in [0.15, 0.2) is 0 Å². The van der Waals surface area contributed by atoms with Crippen LogP contribution in [-0.4, -0.2) is 33.4 Å². The van der Waals surface area contributed by atoms with Gasteiger partial charge in [-0.05, 0) is 47.0 Å². The SMILES string of the molecule is Cc1cc(Oc2nnc(N)s2)cc2c1C(CC(=O)O)OB2O. The highest BCUT2D eigenvalue weighted by atomic mass is 32.1. The van der Waals surface area contributed by atoms with Gasteiger partial charge in [-0.25, -0.2) is 0 Å². The van der Waals surface area contributed by atoms with Crippen molar-refractivity contribution in [1.82, 2.24) is 10.2 Å². The third-order valence-electron chi connectivity index (χ3n) is 3.26. The van der Waals surface area contributed by atoms with Gasteiger partial charge in [-0.15, -0.1) is 5.10 Å². The molecule has 1 atom stereocenters. The minimum Gasteiger partial charge on any atom is -0.481 e. The number of carboxylic acids is 1. The first-order valence-electron chi connectivity index (χ1n) is 6.40. The first-order valence-corrected chi connectivity index (χ1v) is 7.22. The average Bonchev–Trinajstić information content (AvgIpc) is 2.94. The Kier molecular flexibility index (Phi) is 3.73. The summed E-state index contributed by atoms with van der Waals surface area (Å²) >= 11 is 1.09. The average molecular weight is 321 g/mol. The van der Waals surface area contributed by atoms with E-state index < -0.39 is 19.2 Å². The summed E-state index contributed by atoms with van der Waals surface area (Å²) in [5.74, 6) is -0.542. The quantitative estimate of drug-likeness (QED) is 0.693. The van der Waals surface area contributed by atoms with Crippen LogP contribution in [0.25, 0.3) is 0 Å². The molecule has 2 aromatic rings. The molecule has 0 bridgehead atoms. The number of rotatable bonds is 4. The number of aromatic nitrogens is 2. The van der Waals surface area contributed by atoms with E-state index in [0.717, 1.165) is 16.9 Å². The fourth-order valence-corrected chi connectivity index (χ4v) is 2.94. The summed E-state index contributed by atoms with van der Waals surface area (Å²) in [5.41, 5.74) is 7.44. The van der Waals surface area contributed by atoms with Crippen LogP contribution in [0.15, 0.2) is 12.1 Å². The van der Waals surface area contributed by atoms with Crippen molar-refractivity contribution in [1.29, 1.82) is 0 Å². The molecule has 0 amide bonds.